The van der Waals surface area contributed by atoms with Gasteiger partial charge in [-0.25, -0.2) is 0 Å². The molecule has 0 spiro atoms. The summed E-state index contributed by atoms with van der Waals surface area (Å²) in [5.74, 6) is 2.86. The Kier molecular flexibility index (Phi) is 2.76. The molecule has 0 amide bonds. The highest BCUT2D eigenvalue weighted by atomic mass is 16.5. The lowest BCUT2D eigenvalue weighted by Crippen LogP contribution is -2.33. The topological polar surface area (TPSA) is 9.23 Å². The van der Waals surface area contributed by atoms with Gasteiger partial charge in [0.25, 0.3) is 0 Å². The predicted octanol–water partition coefficient (Wildman–Crippen LogP) is 3.77. The van der Waals surface area contributed by atoms with Crippen molar-refractivity contribution in [1.29, 1.82) is 0 Å². The molecule has 0 N–H and O–H groups in total. The lowest BCUT2D eigenvalue weighted by Gasteiger charge is -2.36. The van der Waals surface area contributed by atoms with Crippen molar-refractivity contribution < 1.29 is 4.74 Å². The summed E-state index contributed by atoms with van der Waals surface area (Å²) in [5.41, 5.74) is 0. The molecule has 0 radical (unpaired) electrons. The Bertz CT molecular complexity index is 225. The Morgan fingerprint density at radius 3 is 2.60 bits per heavy atom. The van der Waals surface area contributed by atoms with Gasteiger partial charge in [-0.05, 0) is 43.4 Å². The fraction of sp³-hybridized carbons (Fsp3) is 1.00. The molecule has 3 aliphatic rings. The van der Waals surface area contributed by atoms with E-state index in [-0.39, 0.29) is 0 Å². The van der Waals surface area contributed by atoms with E-state index in [0.717, 1.165) is 17.8 Å². The van der Waals surface area contributed by atoms with Crippen LogP contribution in [0.5, 0.6) is 0 Å². The third-order valence-corrected chi connectivity index (χ3v) is 5.16. The van der Waals surface area contributed by atoms with Gasteiger partial charge in [-0.3, -0.25) is 0 Å². The summed E-state index contributed by atoms with van der Waals surface area (Å²) in [5, 5.41) is 0. The average molecular weight is 208 g/mol. The maximum absolute atomic E-state index is 6.30. The molecule has 1 aliphatic heterocycles. The van der Waals surface area contributed by atoms with Crippen molar-refractivity contribution in [3.63, 3.8) is 0 Å². The molecule has 3 fully saturated rings. The van der Waals surface area contributed by atoms with Gasteiger partial charge >= 0.3 is 0 Å². The maximum atomic E-state index is 6.30. The van der Waals surface area contributed by atoms with Crippen molar-refractivity contribution >= 4 is 0 Å². The summed E-state index contributed by atoms with van der Waals surface area (Å²) < 4.78 is 6.30. The van der Waals surface area contributed by atoms with E-state index in [1.54, 1.807) is 0 Å². The van der Waals surface area contributed by atoms with E-state index in [4.69, 9.17) is 4.74 Å². The first-order chi connectivity index (χ1) is 7.40. The van der Waals surface area contributed by atoms with Crippen LogP contribution in [0.4, 0.5) is 0 Å². The van der Waals surface area contributed by atoms with E-state index in [0.29, 0.717) is 12.2 Å². The number of ether oxygens (including phenoxy) is 1. The van der Waals surface area contributed by atoms with E-state index >= 15 is 0 Å². The van der Waals surface area contributed by atoms with Crippen molar-refractivity contribution in [2.75, 3.05) is 0 Å². The van der Waals surface area contributed by atoms with E-state index in [1.807, 2.05) is 0 Å². The molecule has 0 aromatic heterocycles. The van der Waals surface area contributed by atoms with Crippen LogP contribution in [0.15, 0.2) is 0 Å². The number of fused-ring (bicyclic) bond motifs is 3. The standard InChI is InChI=1S/C14H24O/c1-2-10-6-5-9-13-14(10)11-7-3-4-8-12(11)15-13/h10-14H,2-9H2,1H3. The minimum atomic E-state index is 0.650. The molecule has 1 saturated heterocycles. The molecule has 2 aliphatic carbocycles. The highest BCUT2D eigenvalue weighted by Gasteiger charge is 2.48. The Morgan fingerprint density at radius 2 is 1.73 bits per heavy atom. The fourth-order valence-corrected chi connectivity index (χ4v) is 4.49. The zero-order valence-electron chi connectivity index (χ0n) is 9.95. The summed E-state index contributed by atoms with van der Waals surface area (Å²) in [4.78, 5) is 0. The molecule has 3 rings (SSSR count). The molecular formula is C14H24O. The normalized spacial score (nSPS) is 49.8. The number of hydrogen-bond acceptors (Lipinski definition) is 1. The molecule has 1 heterocycles. The van der Waals surface area contributed by atoms with Crippen LogP contribution in [-0.2, 0) is 4.74 Å². The van der Waals surface area contributed by atoms with Crippen LogP contribution in [0.2, 0.25) is 0 Å². The minimum Gasteiger partial charge on any atom is -0.374 e. The van der Waals surface area contributed by atoms with Gasteiger partial charge in [-0.2, -0.15) is 0 Å². The van der Waals surface area contributed by atoms with E-state index in [9.17, 15) is 0 Å². The zero-order chi connectivity index (χ0) is 10.3. The van der Waals surface area contributed by atoms with Crippen molar-refractivity contribution in [2.45, 2.75) is 70.5 Å². The van der Waals surface area contributed by atoms with Gasteiger partial charge in [-0.15, -0.1) is 0 Å². The molecule has 86 valence electrons. The van der Waals surface area contributed by atoms with E-state index < -0.39 is 0 Å². The van der Waals surface area contributed by atoms with Gasteiger partial charge in [0.2, 0.25) is 0 Å². The van der Waals surface area contributed by atoms with Crippen LogP contribution in [0, 0.1) is 17.8 Å². The van der Waals surface area contributed by atoms with Crippen LogP contribution >= 0.6 is 0 Å². The largest absolute Gasteiger partial charge is 0.374 e. The summed E-state index contributed by atoms with van der Waals surface area (Å²) in [6.45, 7) is 2.38. The number of rotatable bonds is 1. The Hall–Kier alpha value is -0.0400. The quantitative estimate of drug-likeness (QED) is 0.637. The van der Waals surface area contributed by atoms with Crippen molar-refractivity contribution in [1.82, 2.24) is 0 Å². The Morgan fingerprint density at radius 1 is 0.933 bits per heavy atom. The van der Waals surface area contributed by atoms with Gasteiger partial charge in [0, 0.05) is 0 Å². The summed E-state index contributed by atoms with van der Waals surface area (Å²) in [6, 6.07) is 0. The van der Waals surface area contributed by atoms with Crippen LogP contribution < -0.4 is 0 Å². The Labute approximate surface area is 93.6 Å². The first kappa shape index (κ1) is 10.1. The molecule has 1 nitrogen and oxygen atoms in total. The summed E-state index contributed by atoms with van der Waals surface area (Å²) >= 11 is 0. The molecule has 15 heavy (non-hydrogen) atoms. The molecule has 2 saturated carbocycles. The summed E-state index contributed by atoms with van der Waals surface area (Å²) in [7, 11) is 0. The summed E-state index contributed by atoms with van der Waals surface area (Å²) in [6.07, 6.45) is 12.6. The highest BCUT2D eigenvalue weighted by molar-refractivity contribution is 4.97. The van der Waals surface area contributed by atoms with Crippen molar-refractivity contribution in [3.05, 3.63) is 0 Å². The van der Waals surface area contributed by atoms with Gasteiger partial charge < -0.3 is 4.74 Å². The van der Waals surface area contributed by atoms with Crippen LogP contribution in [0.1, 0.15) is 58.3 Å². The number of hydrogen-bond donors (Lipinski definition) is 0. The Balaban J connectivity index is 1.79. The molecule has 5 atom stereocenters. The minimum absolute atomic E-state index is 0.650. The fourth-order valence-electron chi connectivity index (χ4n) is 4.49. The maximum Gasteiger partial charge on any atom is 0.0613 e. The van der Waals surface area contributed by atoms with Crippen LogP contribution in [0.3, 0.4) is 0 Å². The van der Waals surface area contributed by atoms with Gasteiger partial charge in [0.05, 0.1) is 12.2 Å². The highest BCUT2D eigenvalue weighted by Crippen LogP contribution is 2.50. The second-order valence-corrected chi connectivity index (χ2v) is 5.84. The molecule has 1 heteroatoms. The van der Waals surface area contributed by atoms with E-state index in [2.05, 4.69) is 6.92 Å². The van der Waals surface area contributed by atoms with Gasteiger partial charge in [0.15, 0.2) is 0 Å². The molecular weight excluding hydrogens is 184 g/mol. The average Bonchev–Trinajstić information content (AvgIpc) is 2.67. The van der Waals surface area contributed by atoms with Gasteiger partial charge in [-0.1, -0.05) is 32.6 Å². The van der Waals surface area contributed by atoms with Crippen LogP contribution in [-0.4, -0.2) is 12.2 Å². The van der Waals surface area contributed by atoms with Crippen molar-refractivity contribution in [2.24, 2.45) is 17.8 Å². The lowest BCUT2D eigenvalue weighted by molar-refractivity contribution is -0.00144. The molecule has 0 aromatic rings. The first-order valence-electron chi connectivity index (χ1n) is 7.05. The van der Waals surface area contributed by atoms with Crippen LogP contribution in [0.25, 0.3) is 0 Å². The third-order valence-electron chi connectivity index (χ3n) is 5.16. The second kappa shape index (κ2) is 4.08. The van der Waals surface area contributed by atoms with Crippen molar-refractivity contribution in [3.8, 4) is 0 Å². The molecule has 0 aromatic carbocycles. The lowest BCUT2D eigenvalue weighted by atomic mass is 9.67. The molecule has 5 unspecified atom stereocenters. The van der Waals surface area contributed by atoms with Gasteiger partial charge in [0.1, 0.15) is 0 Å². The third kappa shape index (κ3) is 1.63. The first-order valence-corrected chi connectivity index (χ1v) is 7.05. The SMILES string of the molecule is CCC1CCCC2OC3CCCCC3C12. The second-order valence-electron chi connectivity index (χ2n) is 5.84. The smallest absolute Gasteiger partial charge is 0.0613 e. The molecule has 0 bridgehead atoms. The predicted molar refractivity (Wildman–Crippen MR) is 61.7 cm³/mol. The monoisotopic (exact) mass is 208 g/mol. The zero-order valence-corrected chi connectivity index (χ0v) is 9.95. The van der Waals surface area contributed by atoms with E-state index in [1.165, 1.54) is 51.4 Å².